The van der Waals surface area contributed by atoms with Crippen LogP contribution in [0.1, 0.15) is 23.9 Å². The predicted molar refractivity (Wildman–Crippen MR) is 130 cm³/mol. The molecule has 33 heavy (non-hydrogen) atoms. The van der Waals surface area contributed by atoms with Gasteiger partial charge in [-0.15, -0.1) is 10.2 Å². The molecule has 0 radical (unpaired) electrons. The second-order valence-electron chi connectivity index (χ2n) is 8.03. The normalized spacial score (nSPS) is 13.2. The number of nitrogens with zero attached hydrogens (tertiary/aromatic N) is 4. The van der Waals surface area contributed by atoms with Crippen molar-refractivity contribution >= 4 is 28.4 Å². The molecule has 168 valence electrons. The third kappa shape index (κ3) is 4.59. The van der Waals surface area contributed by atoms with Gasteiger partial charge in [-0.3, -0.25) is 4.79 Å². The van der Waals surface area contributed by atoms with E-state index in [0.717, 1.165) is 47.0 Å². The summed E-state index contributed by atoms with van der Waals surface area (Å²) in [5, 5.41) is 11.6. The molecular formula is C26H26N4O2S. The number of rotatable bonds is 7. The van der Waals surface area contributed by atoms with Crippen molar-refractivity contribution in [3.05, 3.63) is 83.7 Å². The first-order valence-electron chi connectivity index (χ1n) is 11.2. The maximum atomic E-state index is 12.8. The maximum Gasteiger partial charge on any atom is 0.233 e. The van der Waals surface area contributed by atoms with Gasteiger partial charge in [0.05, 0.1) is 5.75 Å². The van der Waals surface area contributed by atoms with E-state index in [1.807, 2.05) is 39.8 Å². The summed E-state index contributed by atoms with van der Waals surface area (Å²) >= 11 is 1.44. The van der Waals surface area contributed by atoms with Crippen LogP contribution in [-0.2, 0) is 30.9 Å². The zero-order valence-corrected chi connectivity index (χ0v) is 19.4. The van der Waals surface area contributed by atoms with E-state index in [1.165, 1.54) is 22.9 Å². The molecule has 1 aliphatic rings. The third-order valence-electron chi connectivity index (χ3n) is 6.02. The summed E-state index contributed by atoms with van der Waals surface area (Å²) in [7, 11) is 0. The highest BCUT2D eigenvalue weighted by Crippen LogP contribution is 2.27. The lowest BCUT2D eigenvalue weighted by Crippen LogP contribution is -2.37. The summed E-state index contributed by atoms with van der Waals surface area (Å²) in [6.45, 7) is 4.54. The van der Waals surface area contributed by atoms with E-state index >= 15 is 0 Å². The van der Waals surface area contributed by atoms with Crippen molar-refractivity contribution in [1.29, 1.82) is 0 Å². The van der Waals surface area contributed by atoms with Crippen molar-refractivity contribution < 1.29 is 9.53 Å². The molecule has 3 aromatic carbocycles. The van der Waals surface area contributed by atoms with Gasteiger partial charge in [-0.25, -0.2) is 0 Å². The molecule has 1 aromatic heterocycles. The van der Waals surface area contributed by atoms with Crippen LogP contribution in [-0.4, -0.2) is 37.9 Å². The topological polar surface area (TPSA) is 60.2 Å². The lowest BCUT2D eigenvalue weighted by atomic mass is 10.00. The SMILES string of the molecule is CCn1c(COc2cccc3ccccc23)nnc1SCC(=O)N1CCc2ccccc2C1. The third-order valence-corrected chi connectivity index (χ3v) is 6.98. The number of hydrogen-bond donors (Lipinski definition) is 0. The molecule has 0 unspecified atom stereocenters. The highest BCUT2D eigenvalue weighted by Gasteiger charge is 2.21. The van der Waals surface area contributed by atoms with E-state index in [2.05, 4.69) is 53.5 Å². The van der Waals surface area contributed by atoms with Crippen molar-refractivity contribution in [3.8, 4) is 5.75 Å². The van der Waals surface area contributed by atoms with E-state index in [-0.39, 0.29) is 5.91 Å². The van der Waals surface area contributed by atoms with Crippen LogP contribution in [0.4, 0.5) is 0 Å². The first kappa shape index (κ1) is 21.5. The lowest BCUT2D eigenvalue weighted by molar-refractivity contribution is -0.129. The monoisotopic (exact) mass is 458 g/mol. The van der Waals surface area contributed by atoms with Gasteiger partial charge in [0.2, 0.25) is 5.91 Å². The zero-order valence-electron chi connectivity index (χ0n) is 18.6. The molecule has 0 atom stereocenters. The molecule has 0 fully saturated rings. The van der Waals surface area contributed by atoms with Crippen LogP contribution in [0.2, 0.25) is 0 Å². The standard InChI is InChI=1S/C26H26N4O2S/c1-2-30-24(17-32-23-13-7-11-20-9-5-6-12-22(20)23)27-28-26(30)33-18-25(31)29-15-14-19-8-3-4-10-21(19)16-29/h3-13H,2,14-18H2,1H3. The Morgan fingerprint density at radius 1 is 1.00 bits per heavy atom. The van der Waals surface area contributed by atoms with Crippen molar-refractivity contribution in [3.63, 3.8) is 0 Å². The van der Waals surface area contributed by atoms with Crippen molar-refractivity contribution in [1.82, 2.24) is 19.7 Å². The average molecular weight is 459 g/mol. The van der Waals surface area contributed by atoms with Gasteiger partial charge in [0.25, 0.3) is 0 Å². The van der Waals surface area contributed by atoms with E-state index in [4.69, 9.17) is 4.74 Å². The molecule has 0 bridgehead atoms. The maximum absolute atomic E-state index is 12.8. The van der Waals surface area contributed by atoms with Crippen LogP contribution in [0.25, 0.3) is 10.8 Å². The highest BCUT2D eigenvalue weighted by molar-refractivity contribution is 7.99. The molecule has 0 saturated heterocycles. The Labute approximate surface area is 197 Å². The van der Waals surface area contributed by atoms with Crippen LogP contribution in [0, 0.1) is 0 Å². The highest BCUT2D eigenvalue weighted by atomic mass is 32.2. The average Bonchev–Trinajstić information content (AvgIpc) is 3.27. The molecule has 0 spiro atoms. The molecule has 5 rings (SSSR count). The van der Waals surface area contributed by atoms with Crippen molar-refractivity contribution in [2.75, 3.05) is 12.3 Å². The lowest BCUT2D eigenvalue weighted by Gasteiger charge is -2.28. The Balaban J connectivity index is 1.22. The van der Waals surface area contributed by atoms with Crippen molar-refractivity contribution in [2.45, 2.75) is 38.2 Å². The molecule has 4 aromatic rings. The van der Waals surface area contributed by atoms with Crippen LogP contribution in [0.3, 0.4) is 0 Å². The fraction of sp³-hybridized carbons (Fsp3) is 0.269. The molecule has 2 heterocycles. The van der Waals surface area contributed by atoms with Gasteiger partial charge in [0.1, 0.15) is 12.4 Å². The molecule has 1 aliphatic heterocycles. The van der Waals surface area contributed by atoms with Crippen LogP contribution in [0.15, 0.2) is 71.9 Å². The Hall–Kier alpha value is -3.32. The zero-order chi connectivity index (χ0) is 22.6. The molecule has 0 N–H and O–H groups in total. The number of fused-ring (bicyclic) bond motifs is 2. The number of amides is 1. The van der Waals surface area contributed by atoms with Gasteiger partial charge in [-0.05, 0) is 35.9 Å². The summed E-state index contributed by atoms with van der Waals surface area (Å²) in [5.74, 6) is 2.07. The summed E-state index contributed by atoms with van der Waals surface area (Å²) < 4.78 is 8.13. The molecule has 0 saturated carbocycles. The quantitative estimate of drug-likeness (QED) is 0.376. The summed E-state index contributed by atoms with van der Waals surface area (Å²) in [4.78, 5) is 14.8. The van der Waals surface area contributed by atoms with Gasteiger partial charge in [-0.2, -0.15) is 0 Å². The fourth-order valence-corrected chi connectivity index (χ4v) is 5.16. The van der Waals surface area contributed by atoms with E-state index in [9.17, 15) is 4.79 Å². The van der Waals surface area contributed by atoms with Gasteiger partial charge >= 0.3 is 0 Å². The van der Waals surface area contributed by atoms with Gasteiger partial charge in [-0.1, -0.05) is 72.4 Å². The van der Waals surface area contributed by atoms with Crippen LogP contribution < -0.4 is 4.74 Å². The Bertz CT molecular complexity index is 1280. The number of aromatic nitrogens is 3. The minimum absolute atomic E-state index is 0.133. The molecular weight excluding hydrogens is 432 g/mol. The number of ether oxygens (including phenoxy) is 1. The molecule has 7 heteroatoms. The number of carbonyl (C=O) groups is 1. The molecule has 1 amide bonds. The van der Waals surface area contributed by atoms with Crippen LogP contribution >= 0.6 is 11.8 Å². The number of thioether (sulfide) groups is 1. The number of carbonyl (C=O) groups excluding carboxylic acids is 1. The minimum Gasteiger partial charge on any atom is -0.485 e. The molecule has 6 nitrogen and oxygen atoms in total. The summed E-state index contributed by atoms with van der Waals surface area (Å²) in [5.41, 5.74) is 2.59. The van der Waals surface area contributed by atoms with E-state index in [0.29, 0.717) is 18.9 Å². The largest absolute Gasteiger partial charge is 0.485 e. The van der Waals surface area contributed by atoms with Crippen LogP contribution in [0.5, 0.6) is 5.75 Å². The Kier molecular flexibility index (Phi) is 6.30. The van der Waals surface area contributed by atoms with E-state index < -0.39 is 0 Å². The first-order valence-corrected chi connectivity index (χ1v) is 12.2. The van der Waals surface area contributed by atoms with Gasteiger partial charge < -0.3 is 14.2 Å². The fourth-order valence-electron chi connectivity index (χ4n) is 4.24. The van der Waals surface area contributed by atoms with Crippen molar-refractivity contribution in [2.24, 2.45) is 0 Å². The van der Waals surface area contributed by atoms with E-state index in [1.54, 1.807) is 0 Å². The number of hydrogen-bond acceptors (Lipinski definition) is 5. The Morgan fingerprint density at radius 2 is 1.79 bits per heavy atom. The Morgan fingerprint density at radius 3 is 2.67 bits per heavy atom. The smallest absolute Gasteiger partial charge is 0.233 e. The summed E-state index contributed by atoms with van der Waals surface area (Å²) in [6, 6.07) is 22.6. The summed E-state index contributed by atoms with van der Waals surface area (Å²) in [6.07, 6.45) is 0.910. The molecule has 0 aliphatic carbocycles. The second kappa shape index (κ2) is 9.67. The number of benzene rings is 3. The predicted octanol–water partition coefficient (Wildman–Crippen LogP) is 4.71. The second-order valence-corrected chi connectivity index (χ2v) is 8.97. The first-order chi connectivity index (χ1) is 16.2. The van der Waals surface area contributed by atoms with Gasteiger partial charge in [0, 0.05) is 25.0 Å². The minimum atomic E-state index is 0.133. The van der Waals surface area contributed by atoms with Gasteiger partial charge in [0.15, 0.2) is 11.0 Å².